The summed E-state index contributed by atoms with van der Waals surface area (Å²) >= 11 is 0. The summed E-state index contributed by atoms with van der Waals surface area (Å²) in [5, 5.41) is 9.89. The van der Waals surface area contributed by atoms with Gasteiger partial charge >= 0.3 is 0 Å². The second kappa shape index (κ2) is 6.19. The van der Waals surface area contributed by atoms with Crippen LogP contribution in [0.5, 0.6) is 0 Å². The summed E-state index contributed by atoms with van der Waals surface area (Å²) in [6, 6.07) is 1.57. The van der Waals surface area contributed by atoms with E-state index in [0.29, 0.717) is 24.0 Å². The van der Waals surface area contributed by atoms with Gasteiger partial charge in [0.15, 0.2) is 5.65 Å². The zero-order chi connectivity index (χ0) is 16.6. The smallest absolute Gasteiger partial charge is 0.244 e. The van der Waals surface area contributed by atoms with Crippen LogP contribution in [0.4, 0.5) is 20.5 Å². The van der Waals surface area contributed by atoms with Crippen molar-refractivity contribution >= 4 is 22.8 Å². The molecule has 124 valence electrons. The van der Waals surface area contributed by atoms with Crippen molar-refractivity contribution in [3.63, 3.8) is 0 Å². The lowest BCUT2D eigenvalue weighted by Gasteiger charge is -2.20. The van der Waals surface area contributed by atoms with Gasteiger partial charge in [-0.3, -0.25) is 0 Å². The summed E-state index contributed by atoms with van der Waals surface area (Å²) in [5.41, 5.74) is 2.44. The van der Waals surface area contributed by atoms with Gasteiger partial charge in [0.2, 0.25) is 12.4 Å². The van der Waals surface area contributed by atoms with Crippen molar-refractivity contribution in [2.45, 2.75) is 26.3 Å². The van der Waals surface area contributed by atoms with Crippen LogP contribution in [0.15, 0.2) is 6.07 Å². The van der Waals surface area contributed by atoms with E-state index in [2.05, 4.69) is 30.9 Å². The Morgan fingerprint density at radius 1 is 1.22 bits per heavy atom. The van der Waals surface area contributed by atoms with Crippen LogP contribution in [-0.4, -0.2) is 47.6 Å². The molecule has 0 unspecified atom stereocenters. The fourth-order valence-corrected chi connectivity index (χ4v) is 3.01. The van der Waals surface area contributed by atoms with Gasteiger partial charge in [0.05, 0.1) is 17.3 Å². The highest BCUT2D eigenvalue weighted by Gasteiger charge is 2.34. The molecule has 1 fully saturated rings. The van der Waals surface area contributed by atoms with Gasteiger partial charge < -0.3 is 16.0 Å². The first kappa shape index (κ1) is 15.8. The van der Waals surface area contributed by atoms with Crippen molar-refractivity contribution < 1.29 is 8.78 Å². The van der Waals surface area contributed by atoms with Gasteiger partial charge in [-0.25, -0.2) is 13.8 Å². The second-order valence-corrected chi connectivity index (χ2v) is 5.83. The number of fused-ring (bicyclic) bond motifs is 1. The zero-order valence-electron chi connectivity index (χ0n) is 13.3. The van der Waals surface area contributed by atoms with Crippen molar-refractivity contribution in [1.29, 1.82) is 0 Å². The standard InChI is InChI=1S/C15H20F2N6/c1-7-4-8(2)20-14-11(7)13(18-3)22-15(23-14)21-10-6-19-5-9(10)12(16)17/h4,9-10,12,19H,5-6H2,1-3H3,(H2,18,20,21,22,23)/t9-,10-/m0/s1. The molecule has 6 nitrogen and oxygen atoms in total. The lowest BCUT2D eigenvalue weighted by atomic mass is 10.1. The van der Waals surface area contributed by atoms with Crippen molar-refractivity contribution in [2.75, 3.05) is 30.8 Å². The molecule has 0 spiro atoms. The lowest BCUT2D eigenvalue weighted by Crippen LogP contribution is -2.33. The van der Waals surface area contributed by atoms with E-state index in [0.717, 1.165) is 16.6 Å². The van der Waals surface area contributed by atoms with E-state index in [4.69, 9.17) is 0 Å². The maximum Gasteiger partial charge on any atom is 0.244 e. The topological polar surface area (TPSA) is 74.8 Å². The number of aryl methyl sites for hydroxylation is 2. The van der Waals surface area contributed by atoms with Crippen LogP contribution in [0, 0.1) is 19.8 Å². The fraction of sp³-hybridized carbons (Fsp3) is 0.533. The summed E-state index contributed by atoms with van der Waals surface area (Å²) in [6.07, 6.45) is -2.38. The van der Waals surface area contributed by atoms with E-state index < -0.39 is 18.4 Å². The lowest BCUT2D eigenvalue weighted by molar-refractivity contribution is 0.0825. The summed E-state index contributed by atoms with van der Waals surface area (Å²) < 4.78 is 26.1. The number of nitrogens with one attached hydrogen (secondary N) is 3. The number of rotatable bonds is 4. The minimum absolute atomic E-state index is 0.290. The molecule has 0 aromatic carbocycles. The van der Waals surface area contributed by atoms with Crippen LogP contribution in [0.3, 0.4) is 0 Å². The second-order valence-electron chi connectivity index (χ2n) is 5.83. The molecule has 8 heteroatoms. The summed E-state index contributed by atoms with van der Waals surface area (Å²) in [6.45, 7) is 4.63. The molecule has 2 atom stereocenters. The number of pyridine rings is 1. The Morgan fingerprint density at radius 3 is 2.70 bits per heavy atom. The quantitative estimate of drug-likeness (QED) is 0.799. The Hall–Kier alpha value is -2.09. The van der Waals surface area contributed by atoms with Gasteiger partial charge in [0.25, 0.3) is 0 Å². The number of nitrogens with zero attached hydrogens (tertiary/aromatic N) is 3. The zero-order valence-corrected chi connectivity index (χ0v) is 13.3. The molecule has 2 aromatic rings. The SMILES string of the molecule is CNc1nc(N[C@H]2CNC[C@@H]2C(F)F)nc2nc(C)cc(C)c12. The molecule has 3 N–H and O–H groups in total. The third kappa shape index (κ3) is 3.03. The van der Waals surface area contributed by atoms with Crippen LogP contribution >= 0.6 is 0 Å². The molecule has 1 saturated heterocycles. The van der Waals surface area contributed by atoms with Crippen LogP contribution in [0.25, 0.3) is 11.0 Å². The molecule has 1 aliphatic rings. The van der Waals surface area contributed by atoms with Crippen molar-refractivity contribution in [1.82, 2.24) is 20.3 Å². The van der Waals surface area contributed by atoms with Crippen LogP contribution in [0.1, 0.15) is 11.3 Å². The highest BCUT2D eigenvalue weighted by molar-refractivity contribution is 5.90. The average molecular weight is 322 g/mol. The van der Waals surface area contributed by atoms with Crippen molar-refractivity contribution in [3.8, 4) is 0 Å². The van der Waals surface area contributed by atoms with E-state index in [-0.39, 0.29) is 6.54 Å². The van der Waals surface area contributed by atoms with Gasteiger partial charge in [-0.05, 0) is 25.5 Å². The van der Waals surface area contributed by atoms with E-state index >= 15 is 0 Å². The number of aromatic nitrogens is 3. The minimum Gasteiger partial charge on any atom is -0.372 e. The largest absolute Gasteiger partial charge is 0.372 e. The first-order chi connectivity index (χ1) is 11.0. The maximum atomic E-state index is 13.1. The highest BCUT2D eigenvalue weighted by atomic mass is 19.3. The van der Waals surface area contributed by atoms with Crippen LogP contribution in [-0.2, 0) is 0 Å². The maximum absolute atomic E-state index is 13.1. The number of hydrogen-bond donors (Lipinski definition) is 3. The Kier molecular flexibility index (Phi) is 4.25. The molecule has 3 heterocycles. The van der Waals surface area contributed by atoms with Gasteiger partial charge in [-0.15, -0.1) is 0 Å². The Morgan fingerprint density at radius 2 is 2.00 bits per heavy atom. The molecular formula is C15H20F2N6. The van der Waals surface area contributed by atoms with Gasteiger partial charge in [-0.2, -0.15) is 9.97 Å². The Bertz CT molecular complexity index is 721. The molecule has 0 bridgehead atoms. The molecule has 23 heavy (non-hydrogen) atoms. The molecule has 0 radical (unpaired) electrons. The summed E-state index contributed by atoms with van der Waals surface area (Å²) in [7, 11) is 1.77. The van der Waals surface area contributed by atoms with Crippen molar-refractivity contribution in [2.24, 2.45) is 5.92 Å². The van der Waals surface area contributed by atoms with E-state index in [1.165, 1.54) is 0 Å². The van der Waals surface area contributed by atoms with Crippen LogP contribution < -0.4 is 16.0 Å². The molecule has 0 aliphatic carbocycles. The first-order valence-corrected chi connectivity index (χ1v) is 7.58. The minimum atomic E-state index is -2.38. The Balaban J connectivity index is 1.98. The fourth-order valence-electron chi connectivity index (χ4n) is 3.01. The third-order valence-corrected chi connectivity index (χ3v) is 4.13. The van der Waals surface area contributed by atoms with E-state index in [1.54, 1.807) is 7.05 Å². The van der Waals surface area contributed by atoms with Crippen molar-refractivity contribution in [3.05, 3.63) is 17.3 Å². The monoisotopic (exact) mass is 322 g/mol. The number of halogens is 2. The number of alkyl halides is 2. The van der Waals surface area contributed by atoms with Gasteiger partial charge in [0, 0.05) is 25.8 Å². The van der Waals surface area contributed by atoms with Gasteiger partial charge in [0.1, 0.15) is 5.82 Å². The molecule has 0 amide bonds. The highest BCUT2D eigenvalue weighted by Crippen LogP contribution is 2.26. The molecule has 2 aromatic heterocycles. The normalized spacial score (nSPS) is 21.1. The predicted molar refractivity (Wildman–Crippen MR) is 86.1 cm³/mol. The molecule has 0 saturated carbocycles. The summed E-state index contributed by atoms with van der Waals surface area (Å²) in [4.78, 5) is 13.3. The number of anilines is 2. The summed E-state index contributed by atoms with van der Waals surface area (Å²) in [5.74, 6) is 0.209. The molecule has 3 rings (SSSR count). The third-order valence-electron chi connectivity index (χ3n) is 4.13. The molecular weight excluding hydrogens is 302 g/mol. The predicted octanol–water partition coefficient (Wildman–Crippen LogP) is 1.95. The van der Waals surface area contributed by atoms with Gasteiger partial charge in [-0.1, -0.05) is 0 Å². The number of hydrogen-bond acceptors (Lipinski definition) is 6. The first-order valence-electron chi connectivity index (χ1n) is 7.58. The van der Waals surface area contributed by atoms with Crippen LogP contribution in [0.2, 0.25) is 0 Å². The molecule has 1 aliphatic heterocycles. The van der Waals surface area contributed by atoms with E-state index in [9.17, 15) is 8.78 Å². The van der Waals surface area contributed by atoms with E-state index in [1.807, 2.05) is 19.9 Å². The average Bonchev–Trinajstić information content (AvgIpc) is 2.94. The Labute approximate surface area is 133 Å².